The predicted molar refractivity (Wildman–Crippen MR) is 300 cm³/mol. The van der Waals surface area contributed by atoms with Gasteiger partial charge in [0.25, 0.3) is 0 Å². The first-order chi connectivity index (χ1) is 34.9. The van der Waals surface area contributed by atoms with Crippen LogP contribution < -0.4 is 38.9 Å². The van der Waals surface area contributed by atoms with Gasteiger partial charge in [0.1, 0.15) is 12.1 Å². The molecule has 426 valence electrons. The van der Waals surface area contributed by atoms with E-state index in [1.807, 2.05) is 0 Å². The molecule has 3 atom stereocenters. The summed E-state index contributed by atoms with van der Waals surface area (Å²) in [4.78, 5) is 60.2. The van der Waals surface area contributed by atoms with E-state index in [1.54, 1.807) is 0 Å². The molecule has 0 unspecified atom stereocenters. The number of carboxylic acids is 2. The Balaban J connectivity index is 0. The molecule has 0 heterocycles. The van der Waals surface area contributed by atoms with Crippen LogP contribution in [0.25, 0.3) is 0 Å². The molecule has 0 bridgehead atoms. The number of nitrogens with zero attached hydrogens (tertiary/aromatic N) is 1. The Morgan fingerprint density at radius 2 is 0.764 bits per heavy atom. The second-order valence-corrected chi connectivity index (χ2v) is 20.6. The molecule has 0 aromatic carbocycles. The summed E-state index contributed by atoms with van der Waals surface area (Å²) < 4.78 is 0. The molecule has 0 aromatic heterocycles. The Labute approximate surface area is 440 Å². The number of nitrogens with two attached hydrogens (primary N) is 4. The van der Waals surface area contributed by atoms with E-state index in [-0.39, 0.29) is 19.3 Å². The van der Waals surface area contributed by atoms with Crippen LogP contribution in [0, 0.1) is 0 Å². The second-order valence-electron chi connectivity index (χ2n) is 20.6. The van der Waals surface area contributed by atoms with Crippen molar-refractivity contribution in [3.63, 3.8) is 0 Å². The number of aliphatic carboxylic acids is 2. The van der Waals surface area contributed by atoms with Gasteiger partial charge in [-0.15, -0.1) is 0 Å². The van der Waals surface area contributed by atoms with Crippen LogP contribution in [0.2, 0.25) is 0 Å². The van der Waals surface area contributed by atoms with Crippen molar-refractivity contribution in [3.05, 3.63) is 0 Å². The quantitative estimate of drug-likeness (QED) is 0.0258. The summed E-state index contributed by atoms with van der Waals surface area (Å²) in [5.74, 6) is -3.42. The van der Waals surface area contributed by atoms with Crippen molar-refractivity contribution in [2.45, 2.75) is 289 Å². The van der Waals surface area contributed by atoms with Crippen LogP contribution in [0.3, 0.4) is 0 Å². The Kier molecular flexibility index (Phi) is 55.3. The van der Waals surface area contributed by atoms with Crippen molar-refractivity contribution in [3.8, 4) is 0 Å². The molecular weight excluding hydrogens is 909 g/mol. The maximum atomic E-state index is 12.4. The normalized spacial score (nSPS) is 12.6. The molecule has 0 rings (SSSR count). The van der Waals surface area contributed by atoms with Gasteiger partial charge in [0.2, 0.25) is 17.7 Å². The summed E-state index contributed by atoms with van der Waals surface area (Å²) in [6.45, 7) is 9.44. The molecule has 0 fully saturated rings. The van der Waals surface area contributed by atoms with Gasteiger partial charge in [-0.3, -0.25) is 24.1 Å². The van der Waals surface area contributed by atoms with Gasteiger partial charge in [-0.05, 0) is 97.2 Å². The third-order valence-corrected chi connectivity index (χ3v) is 13.8. The van der Waals surface area contributed by atoms with Crippen molar-refractivity contribution >= 4 is 29.7 Å². The highest BCUT2D eigenvalue weighted by atomic mass is 16.4. The van der Waals surface area contributed by atoms with Crippen molar-refractivity contribution in [2.75, 3.05) is 45.8 Å². The van der Waals surface area contributed by atoms with Crippen LogP contribution in [0.4, 0.5) is 0 Å². The molecule has 13 N–H and O–H groups in total. The minimum atomic E-state index is -1.19. The summed E-state index contributed by atoms with van der Waals surface area (Å²) in [6.07, 6.45) is 46.1. The van der Waals surface area contributed by atoms with Gasteiger partial charge < -0.3 is 49.1 Å². The van der Waals surface area contributed by atoms with Gasteiger partial charge in [0.15, 0.2) is 0 Å². The third kappa shape index (κ3) is 50.7. The summed E-state index contributed by atoms with van der Waals surface area (Å²) in [7, 11) is 0. The van der Waals surface area contributed by atoms with Crippen LogP contribution in [0.5, 0.6) is 0 Å². The lowest BCUT2D eigenvalue weighted by Gasteiger charge is -2.29. The molecule has 0 aliphatic heterocycles. The summed E-state index contributed by atoms with van der Waals surface area (Å²) >= 11 is 0. The first-order valence-corrected chi connectivity index (χ1v) is 29.9. The van der Waals surface area contributed by atoms with E-state index in [2.05, 4.69) is 34.7 Å². The maximum absolute atomic E-state index is 12.4. The molecule has 3 amide bonds. The molecular formula is C57H116N8O7. The minimum absolute atomic E-state index is 0.0351. The fourth-order valence-corrected chi connectivity index (χ4v) is 9.19. The Morgan fingerprint density at radius 1 is 0.417 bits per heavy atom. The molecule has 15 nitrogen and oxygen atoms in total. The molecule has 0 aromatic rings. The van der Waals surface area contributed by atoms with Gasteiger partial charge in [0, 0.05) is 12.8 Å². The van der Waals surface area contributed by atoms with E-state index in [9.17, 15) is 34.2 Å². The van der Waals surface area contributed by atoms with E-state index in [0.29, 0.717) is 38.9 Å². The number of primary amides is 2. The zero-order valence-electron chi connectivity index (χ0n) is 46.7. The van der Waals surface area contributed by atoms with Crippen molar-refractivity contribution in [2.24, 2.45) is 22.9 Å². The van der Waals surface area contributed by atoms with E-state index < -0.39 is 47.8 Å². The molecule has 72 heavy (non-hydrogen) atoms. The highest BCUT2D eigenvalue weighted by Gasteiger charge is 2.26. The van der Waals surface area contributed by atoms with E-state index in [0.717, 1.165) is 64.7 Å². The van der Waals surface area contributed by atoms with Crippen molar-refractivity contribution in [1.82, 2.24) is 20.9 Å². The zero-order chi connectivity index (χ0) is 53.6. The number of hydrogen-bond acceptors (Lipinski definition) is 10. The summed E-state index contributed by atoms with van der Waals surface area (Å²) in [6, 6.07) is -2.26. The molecule has 0 radical (unpaired) electrons. The molecule has 0 saturated carbocycles. The van der Waals surface area contributed by atoms with Crippen LogP contribution in [0.1, 0.15) is 271 Å². The van der Waals surface area contributed by atoms with Gasteiger partial charge in [-0.1, -0.05) is 206 Å². The number of carboxylic acid groups (broad SMARTS) is 2. The van der Waals surface area contributed by atoms with Gasteiger partial charge in [-0.25, -0.2) is 4.79 Å². The number of amides is 3. The fraction of sp³-hybridized carbons (Fsp3) is 0.912. The number of nitrogens with one attached hydrogen (secondary N) is 3. The molecule has 0 saturated heterocycles. The summed E-state index contributed by atoms with van der Waals surface area (Å²) in [5, 5.41) is 28.0. The van der Waals surface area contributed by atoms with Gasteiger partial charge >= 0.3 is 11.9 Å². The van der Waals surface area contributed by atoms with Crippen molar-refractivity contribution < 1.29 is 34.2 Å². The summed E-state index contributed by atoms with van der Waals surface area (Å²) in [5.41, 5.74) is 21.3. The van der Waals surface area contributed by atoms with Crippen LogP contribution >= 0.6 is 0 Å². The topological polar surface area (TPSA) is 269 Å². The lowest BCUT2D eigenvalue weighted by molar-refractivity contribution is -0.144. The average molecular weight is 1030 g/mol. The van der Waals surface area contributed by atoms with E-state index in [4.69, 9.17) is 22.9 Å². The second kappa shape index (κ2) is 55.9. The molecule has 0 aliphatic carbocycles. The largest absolute Gasteiger partial charge is 0.480 e. The standard InChI is InChI=1S/C41H82N2O3.C16H34N6O4/c1-3-5-7-9-11-13-15-17-19-21-23-25-27-29-31-33-37-43(39(41(45)46)35-36-40(42)44)38-34-32-30-28-26-24-22-20-18-16-14-12-10-8-6-4-2;17-7-2-10-20-9-1-4-12(21-11-3-8-18)15(24)22-13(16(25)26)5-6-14(19)23/h39H,3-38H2,1-2H3,(H2,42,44)(H,45,46);12-13,20-21H,1-11,17-18H2,(H2,19,23)(H,22,24)(H,25,26)/t39-;12-,13-/m00/s1. The minimum Gasteiger partial charge on any atom is -0.480 e. The first-order valence-electron chi connectivity index (χ1n) is 29.9. The smallest absolute Gasteiger partial charge is 0.326 e. The highest BCUT2D eigenvalue weighted by molar-refractivity contribution is 5.87. The number of carbonyl (C=O) groups excluding carboxylic acids is 3. The SMILES string of the molecule is CCCCCCCCCCCCCCCCCCN(CCCCCCCCCCCCCCCCCC)[C@@H](CCC(N)=O)C(=O)O.NCCCNCCC[C@H](NCCCN)C(=O)N[C@@H](CCC(N)=O)C(=O)O. The number of carbonyl (C=O) groups is 5. The number of rotatable bonds is 56. The monoisotopic (exact) mass is 1020 g/mol. The lowest BCUT2D eigenvalue weighted by atomic mass is 10.0. The van der Waals surface area contributed by atoms with Crippen LogP contribution in [0.15, 0.2) is 0 Å². The van der Waals surface area contributed by atoms with Crippen molar-refractivity contribution in [1.29, 1.82) is 0 Å². The van der Waals surface area contributed by atoms with Gasteiger partial charge in [-0.2, -0.15) is 0 Å². The predicted octanol–water partition coefficient (Wildman–Crippen LogP) is 10.4. The highest BCUT2D eigenvalue weighted by Crippen LogP contribution is 2.18. The molecule has 0 spiro atoms. The lowest BCUT2D eigenvalue weighted by Crippen LogP contribution is -2.50. The number of hydrogen-bond donors (Lipinski definition) is 9. The van der Waals surface area contributed by atoms with Crippen LogP contribution in [-0.2, 0) is 24.0 Å². The molecule has 0 aliphatic rings. The fourth-order valence-electron chi connectivity index (χ4n) is 9.19. The zero-order valence-corrected chi connectivity index (χ0v) is 46.7. The first kappa shape index (κ1) is 71.2. The van der Waals surface area contributed by atoms with E-state index in [1.165, 1.54) is 180 Å². The van der Waals surface area contributed by atoms with E-state index >= 15 is 0 Å². The average Bonchev–Trinajstić information content (AvgIpc) is 3.35. The Morgan fingerprint density at radius 3 is 1.11 bits per heavy atom. The Bertz CT molecular complexity index is 1210. The van der Waals surface area contributed by atoms with Crippen LogP contribution in [-0.4, -0.2) is 109 Å². The number of unbranched alkanes of at least 4 members (excludes halogenated alkanes) is 30. The van der Waals surface area contributed by atoms with Gasteiger partial charge in [0.05, 0.1) is 6.04 Å². The molecule has 15 heteroatoms. The Hall–Kier alpha value is -2.85. The third-order valence-electron chi connectivity index (χ3n) is 13.8. The maximum Gasteiger partial charge on any atom is 0.326 e.